The predicted molar refractivity (Wildman–Crippen MR) is 101 cm³/mol. The van der Waals surface area contributed by atoms with Gasteiger partial charge in [-0.3, -0.25) is 9.59 Å². The molecule has 0 aliphatic heterocycles. The third kappa shape index (κ3) is 3.58. The second-order valence-corrected chi connectivity index (χ2v) is 8.64. The van der Waals surface area contributed by atoms with E-state index in [0.717, 1.165) is 42.1 Å². The third-order valence-electron chi connectivity index (χ3n) is 5.33. The van der Waals surface area contributed by atoms with Crippen molar-refractivity contribution in [2.45, 2.75) is 70.4 Å². The summed E-state index contributed by atoms with van der Waals surface area (Å²) in [5.74, 6) is 0.520. The highest BCUT2D eigenvalue weighted by atomic mass is 32.1. The molecule has 0 aromatic carbocycles. The predicted octanol–water partition coefficient (Wildman–Crippen LogP) is 3.11. The first-order chi connectivity index (χ1) is 12.5. The number of thiazole rings is 1. The molecule has 2 saturated carbocycles. The van der Waals surface area contributed by atoms with E-state index in [4.69, 9.17) is 0 Å². The number of nitrogens with one attached hydrogen (secondary N) is 1. The summed E-state index contributed by atoms with van der Waals surface area (Å²) in [6, 6.07) is 3.83. The van der Waals surface area contributed by atoms with E-state index in [0.29, 0.717) is 10.8 Å². The molecule has 2 aromatic rings. The number of hydrogen-bond donors (Lipinski definition) is 1. The van der Waals surface area contributed by atoms with Crippen LogP contribution in [0.15, 0.2) is 16.9 Å². The first-order valence-corrected chi connectivity index (χ1v) is 10.2. The topological polar surface area (TPSA) is 76.9 Å². The number of rotatable bonds is 4. The van der Waals surface area contributed by atoms with Gasteiger partial charge >= 0.3 is 0 Å². The van der Waals surface area contributed by atoms with E-state index in [2.05, 4.69) is 15.4 Å². The van der Waals surface area contributed by atoms with Gasteiger partial charge in [0.1, 0.15) is 4.88 Å². The van der Waals surface area contributed by atoms with Gasteiger partial charge in [-0.15, -0.1) is 11.3 Å². The Kier molecular flexibility index (Phi) is 4.65. The second kappa shape index (κ2) is 6.95. The summed E-state index contributed by atoms with van der Waals surface area (Å²) in [6.07, 6.45) is 5.84. The van der Waals surface area contributed by atoms with Crippen molar-refractivity contribution in [3.8, 4) is 0 Å². The van der Waals surface area contributed by atoms with E-state index in [1.165, 1.54) is 24.2 Å². The molecule has 4 rings (SSSR count). The summed E-state index contributed by atoms with van der Waals surface area (Å²) in [6.45, 7) is 3.79. The SMILES string of the molecule is Cc1nc(C)c(C(=O)NC2CCC(n3nc(C4CC4)ccc3=O)CC2)s1. The van der Waals surface area contributed by atoms with Crippen molar-refractivity contribution in [3.05, 3.63) is 43.8 Å². The smallest absolute Gasteiger partial charge is 0.267 e. The van der Waals surface area contributed by atoms with E-state index in [1.807, 2.05) is 19.9 Å². The zero-order valence-corrected chi connectivity index (χ0v) is 16.0. The quantitative estimate of drug-likeness (QED) is 0.895. The summed E-state index contributed by atoms with van der Waals surface area (Å²) < 4.78 is 1.68. The molecule has 2 heterocycles. The Morgan fingerprint density at radius 1 is 1.15 bits per heavy atom. The molecule has 1 N–H and O–H groups in total. The Labute approximate surface area is 156 Å². The van der Waals surface area contributed by atoms with Crippen molar-refractivity contribution < 1.29 is 4.79 Å². The minimum atomic E-state index is -0.0254. The Morgan fingerprint density at radius 2 is 1.88 bits per heavy atom. The van der Waals surface area contributed by atoms with Gasteiger partial charge in [0.2, 0.25) is 0 Å². The zero-order chi connectivity index (χ0) is 18.3. The van der Waals surface area contributed by atoms with Gasteiger partial charge in [-0.1, -0.05) is 0 Å². The first kappa shape index (κ1) is 17.4. The average molecular weight is 372 g/mol. The van der Waals surface area contributed by atoms with Gasteiger partial charge < -0.3 is 5.32 Å². The molecule has 2 aliphatic carbocycles. The minimum Gasteiger partial charge on any atom is -0.349 e. The molecule has 1 amide bonds. The van der Waals surface area contributed by atoms with Crippen molar-refractivity contribution >= 4 is 17.2 Å². The standard InChI is InChI=1S/C19H24N4O2S/c1-11-18(26-12(2)20-11)19(25)21-14-5-7-15(8-6-14)23-17(24)10-9-16(22-23)13-3-4-13/h9-10,13-15H,3-8H2,1-2H3,(H,21,25). The average Bonchev–Trinajstić information content (AvgIpc) is 3.40. The molecule has 0 bridgehead atoms. The molecule has 0 spiro atoms. The van der Waals surface area contributed by atoms with Crippen molar-refractivity contribution in [2.24, 2.45) is 0 Å². The molecule has 2 aromatic heterocycles. The van der Waals surface area contributed by atoms with Crippen LogP contribution in [-0.4, -0.2) is 26.7 Å². The molecule has 0 atom stereocenters. The highest BCUT2D eigenvalue weighted by molar-refractivity contribution is 7.13. The first-order valence-electron chi connectivity index (χ1n) is 9.36. The molecule has 138 valence electrons. The summed E-state index contributed by atoms with van der Waals surface area (Å²) in [7, 11) is 0. The number of carbonyl (C=O) groups excluding carboxylic acids is 1. The second-order valence-electron chi connectivity index (χ2n) is 7.44. The van der Waals surface area contributed by atoms with Crippen LogP contribution < -0.4 is 10.9 Å². The molecule has 0 unspecified atom stereocenters. The van der Waals surface area contributed by atoms with Gasteiger partial charge in [-0.2, -0.15) is 5.10 Å². The minimum absolute atomic E-state index is 0.0161. The van der Waals surface area contributed by atoms with Gasteiger partial charge in [0, 0.05) is 18.0 Å². The van der Waals surface area contributed by atoms with Crippen molar-refractivity contribution in [2.75, 3.05) is 0 Å². The summed E-state index contributed by atoms with van der Waals surface area (Å²) in [4.78, 5) is 29.7. The van der Waals surface area contributed by atoms with Crippen LogP contribution in [0.4, 0.5) is 0 Å². The van der Waals surface area contributed by atoms with E-state index < -0.39 is 0 Å². The highest BCUT2D eigenvalue weighted by Crippen LogP contribution is 2.38. The fourth-order valence-corrected chi connectivity index (χ4v) is 4.58. The van der Waals surface area contributed by atoms with Crippen LogP contribution in [0.5, 0.6) is 0 Å². The summed E-state index contributed by atoms with van der Waals surface area (Å²) >= 11 is 1.44. The van der Waals surface area contributed by atoms with Gasteiger partial charge in [0.15, 0.2) is 0 Å². The van der Waals surface area contributed by atoms with Gasteiger partial charge in [0.05, 0.1) is 22.4 Å². The Balaban J connectivity index is 1.38. The Morgan fingerprint density at radius 3 is 2.50 bits per heavy atom. The number of aromatic nitrogens is 3. The number of carbonyl (C=O) groups is 1. The molecule has 7 heteroatoms. The van der Waals surface area contributed by atoms with Crippen LogP contribution >= 0.6 is 11.3 Å². The van der Waals surface area contributed by atoms with Crippen molar-refractivity contribution in [1.82, 2.24) is 20.1 Å². The van der Waals surface area contributed by atoms with Gasteiger partial charge in [0.25, 0.3) is 11.5 Å². The monoisotopic (exact) mass is 372 g/mol. The lowest BCUT2D eigenvalue weighted by Crippen LogP contribution is -2.39. The van der Waals surface area contributed by atoms with Crippen LogP contribution in [-0.2, 0) is 0 Å². The van der Waals surface area contributed by atoms with Crippen LogP contribution in [0.3, 0.4) is 0 Å². The molecule has 2 aliphatic rings. The van der Waals surface area contributed by atoms with E-state index in [9.17, 15) is 9.59 Å². The van der Waals surface area contributed by atoms with E-state index >= 15 is 0 Å². The molecular formula is C19H24N4O2S. The fraction of sp³-hybridized carbons (Fsp3) is 0.579. The molecule has 0 radical (unpaired) electrons. The van der Waals surface area contributed by atoms with Crippen LogP contribution in [0.25, 0.3) is 0 Å². The molecular weight excluding hydrogens is 348 g/mol. The van der Waals surface area contributed by atoms with Crippen LogP contribution in [0.2, 0.25) is 0 Å². The van der Waals surface area contributed by atoms with Gasteiger partial charge in [-0.25, -0.2) is 9.67 Å². The zero-order valence-electron chi connectivity index (χ0n) is 15.2. The Bertz CT molecular complexity index is 876. The lowest BCUT2D eigenvalue weighted by Gasteiger charge is -2.29. The highest BCUT2D eigenvalue weighted by Gasteiger charge is 2.29. The third-order valence-corrected chi connectivity index (χ3v) is 6.40. The lowest BCUT2D eigenvalue weighted by atomic mass is 9.91. The summed E-state index contributed by atoms with van der Waals surface area (Å²) in [5.41, 5.74) is 1.83. The number of aryl methyl sites for hydroxylation is 2. The molecule has 0 saturated heterocycles. The number of nitrogens with zero attached hydrogens (tertiary/aromatic N) is 3. The van der Waals surface area contributed by atoms with Crippen molar-refractivity contribution in [1.29, 1.82) is 0 Å². The molecule has 2 fully saturated rings. The molecule has 6 nitrogen and oxygen atoms in total. The maximum Gasteiger partial charge on any atom is 0.267 e. The Hall–Kier alpha value is -2.02. The maximum atomic E-state index is 12.5. The largest absolute Gasteiger partial charge is 0.349 e. The normalized spacial score (nSPS) is 23.0. The maximum absolute atomic E-state index is 12.5. The van der Waals surface area contributed by atoms with Crippen LogP contribution in [0, 0.1) is 13.8 Å². The molecule has 26 heavy (non-hydrogen) atoms. The lowest BCUT2D eigenvalue weighted by molar-refractivity contribution is 0.0924. The number of amides is 1. The fourth-order valence-electron chi connectivity index (χ4n) is 3.76. The van der Waals surface area contributed by atoms with E-state index in [1.54, 1.807) is 10.7 Å². The number of hydrogen-bond acceptors (Lipinski definition) is 5. The van der Waals surface area contributed by atoms with E-state index in [-0.39, 0.29) is 23.6 Å². The van der Waals surface area contributed by atoms with Crippen molar-refractivity contribution in [3.63, 3.8) is 0 Å². The summed E-state index contributed by atoms with van der Waals surface area (Å²) in [5, 5.41) is 8.67. The van der Waals surface area contributed by atoms with Gasteiger partial charge in [-0.05, 0) is 58.4 Å². The van der Waals surface area contributed by atoms with Crippen LogP contribution in [0.1, 0.15) is 76.6 Å².